The molecule has 5 heteroatoms. The van der Waals surface area contributed by atoms with Crippen molar-refractivity contribution in [3.63, 3.8) is 0 Å². The normalized spacial score (nSPS) is 14.3. The van der Waals surface area contributed by atoms with Gasteiger partial charge in [-0.1, -0.05) is 0 Å². The van der Waals surface area contributed by atoms with Gasteiger partial charge in [0, 0.05) is 24.7 Å². The summed E-state index contributed by atoms with van der Waals surface area (Å²) in [6, 6.07) is 5.37. The Bertz CT molecular complexity index is 487. The van der Waals surface area contributed by atoms with Crippen LogP contribution in [0, 0.1) is 5.82 Å². The lowest BCUT2D eigenvalue weighted by molar-refractivity contribution is -0.122. The van der Waals surface area contributed by atoms with E-state index < -0.39 is 0 Å². The summed E-state index contributed by atoms with van der Waals surface area (Å²) in [5.74, 6) is 0.101. The number of carbonyl (C=O) groups is 1. The Morgan fingerprint density at radius 1 is 1.38 bits per heavy atom. The van der Waals surface area contributed by atoms with Gasteiger partial charge in [-0.25, -0.2) is 4.39 Å². The first kappa shape index (κ1) is 15.8. The van der Waals surface area contributed by atoms with Crippen molar-refractivity contribution in [1.29, 1.82) is 0 Å². The van der Waals surface area contributed by atoms with Crippen LogP contribution in [0.2, 0.25) is 0 Å². The highest BCUT2D eigenvalue weighted by atomic mass is 19.1. The molecule has 1 aliphatic carbocycles. The Hall–Kier alpha value is -1.62. The Morgan fingerprint density at radius 3 is 2.81 bits per heavy atom. The Kier molecular flexibility index (Phi) is 5.56. The summed E-state index contributed by atoms with van der Waals surface area (Å²) in [6.45, 7) is 4.71. The minimum Gasteiger partial charge on any atom is -0.493 e. The molecule has 0 atom stereocenters. The number of ether oxygens (including phenoxy) is 1. The third kappa shape index (κ3) is 6.12. The largest absolute Gasteiger partial charge is 0.493 e. The third-order valence-electron chi connectivity index (χ3n) is 3.15. The van der Waals surface area contributed by atoms with E-state index in [0.29, 0.717) is 18.3 Å². The van der Waals surface area contributed by atoms with Crippen molar-refractivity contribution in [2.45, 2.75) is 51.7 Å². The van der Waals surface area contributed by atoms with E-state index in [2.05, 4.69) is 10.6 Å². The Balaban J connectivity index is 1.79. The van der Waals surface area contributed by atoms with Gasteiger partial charge in [0.2, 0.25) is 5.91 Å². The topological polar surface area (TPSA) is 50.4 Å². The highest BCUT2D eigenvalue weighted by Crippen LogP contribution is 2.21. The van der Waals surface area contributed by atoms with Crippen LogP contribution in [-0.4, -0.2) is 24.6 Å². The lowest BCUT2D eigenvalue weighted by Crippen LogP contribution is -2.31. The average molecular weight is 294 g/mol. The molecule has 1 aromatic rings. The maximum absolute atomic E-state index is 13.5. The summed E-state index contributed by atoms with van der Waals surface area (Å²) in [5.41, 5.74) is 0.864. The molecule has 1 aromatic carbocycles. The van der Waals surface area contributed by atoms with Gasteiger partial charge in [0.25, 0.3) is 0 Å². The van der Waals surface area contributed by atoms with Crippen LogP contribution in [-0.2, 0) is 11.3 Å². The van der Waals surface area contributed by atoms with Crippen LogP contribution < -0.4 is 15.4 Å². The minimum absolute atomic E-state index is 0.0583. The summed E-state index contributed by atoms with van der Waals surface area (Å²) in [7, 11) is 0. The minimum atomic E-state index is -0.313. The molecule has 1 fully saturated rings. The first-order valence-corrected chi connectivity index (χ1v) is 7.48. The van der Waals surface area contributed by atoms with Crippen LogP contribution >= 0.6 is 0 Å². The number of amides is 1. The van der Waals surface area contributed by atoms with Gasteiger partial charge in [0.1, 0.15) is 11.6 Å². The van der Waals surface area contributed by atoms with Crippen LogP contribution in [0.5, 0.6) is 5.75 Å². The van der Waals surface area contributed by atoms with Crippen molar-refractivity contribution < 1.29 is 13.9 Å². The summed E-state index contributed by atoms with van der Waals surface area (Å²) in [6.07, 6.45) is 2.66. The fraction of sp³-hybridized carbons (Fsp3) is 0.562. The van der Waals surface area contributed by atoms with Crippen LogP contribution in [0.4, 0.5) is 4.39 Å². The SMILES string of the molecule is CC(C)NC(=O)CCOc1cc(F)cc(CNC2CC2)c1. The molecule has 1 amide bonds. The second-order valence-electron chi connectivity index (χ2n) is 5.77. The van der Waals surface area contributed by atoms with Gasteiger partial charge in [-0.15, -0.1) is 0 Å². The van der Waals surface area contributed by atoms with Gasteiger partial charge in [0.05, 0.1) is 13.0 Å². The van der Waals surface area contributed by atoms with Crippen LogP contribution in [0.15, 0.2) is 18.2 Å². The van der Waals surface area contributed by atoms with Crippen molar-refractivity contribution in [1.82, 2.24) is 10.6 Å². The zero-order valence-electron chi connectivity index (χ0n) is 12.6. The van der Waals surface area contributed by atoms with Gasteiger partial charge in [-0.05, 0) is 44.4 Å². The van der Waals surface area contributed by atoms with E-state index >= 15 is 0 Å². The maximum Gasteiger partial charge on any atom is 0.223 e. The number of hydrogen-bond acceptors (Lipinski definition) is 3. The summed E-state index contributed by atoms with van der Waals surface area (Å²) in [5, 5.41) is 6.13. The van der Waals surface area contributed by atoms with Crippen molar-refractivity contribution in [2.24, 2.45) is 0 Å². The maximum atomic E-state index is 13.5. The van der Waals surface area contributed by atoms with E-state index in [1.54, 1.807) is 0 Å². The number of nitrogens with one attached hydrogen (secondary N) is 2. The molecule has 0 aromatic heterocycles. The number of carbonyl (C=O) groups excluding carboxylic acids is 1. The molecular weight excluding hydrogens is 271 g/mol. The fourth-order valence-corrected chi connectivity index (χ4v) is 2.01. The Morgan fingerprint density at radius 2 is 2.14 bits per heavy atom. The zero-order valence-corrected chi connectivity index (χ0v) is 12.6. The van der Waals surface area contributed by atoms with E-state index in [1.807, 2.05) is 19.9 Å². The molecule has 0 spiro atoms. The average Bonchev–Trinajstić information content (AvgIpc) is 3.19. The first-order valence-electron chi connectivity index (χ1n) is 7.48. The molecule has 0 unspecified atom stereocenters. The quantitative estimate of drug-likeness (QED) is 0.774. The second-order valence-corrected chi connectivity index (χ2v) is 5.77. The second kappa shape index (κ2) is 7.41. The molecule has 0 aliphatic heterocycles. The van der Waals surface area contributed by atoms with E-state index in [1.165, 1.54) is 25.0 Å². The zero-order chi connectivity index (χ0) is 15.2. The number of hydrogen-bond donors (Lipinski definition) is 2. The molecule has 2 rings (SSSR count). The van der Waals surface area contributed by atoms with E-state index in [0.717, 1.165) is 5.56 Å². The van der Waals surface area contributed by atoms with Gasteiger partial charge in [0.15, 0.2) is 0 Å². The van der Waals surface area contributed by atoms with E-state index in [4.69, 9.17) is 4.74 Å². The van der Waals surface area contributed by atoms with Crippen LogP contribution in [0.25, 0.3) is 0 Å². The molecule has 1 saturated carbocycles. The van der Waals surface area contributed by atoms with E-state index in [9.17, 15) is 9.18 Å². The van der Waals surface area contributed by atoms with Crippen molar-refractivity contribution >= 4 is 5.91 Å². The number of benzene rings is 1. The molecule has 21 heavy (non-hydrogen) atoms. The number of halogens is 1. The Labute approximate surface area is 125 Å². The predicted molar refractivity (Wildman–Crippen MR) is 79.7 cm³/mol. The van der Waals surface area contributed by atoms with Gasteiger partial charge < -0.3 is 15.4 Å². The highest BCUT2D eigenvalue weighted by molar-refractivity contribution is 5.76. The van der Waals surface area contributed by atoms with Crippen LogP contribution in [0.3, 0.4) is 0 Å². The van der Waals surface area contributed by atoms with Crippen molar-refractivity contribution in [2.75, 3.05) is 6.61 Å². The standard InChI is InChI=1S/C16H23FN2O2/c1-11(2)19-16(20)5-6-21-15-8-12(7-13(17)9-15)10-18-14-3-4-14/h7-9,11,14,18H,3-6,10H2,1-2H3,(H,19,20). The molecule has 0 bridgehead atoms. The third-order valence-corrected chi connectivity index (χ3v) is 3.15. The molecule has 116 valence electrons. The first-order chi connectivity index (χ1) is 10.0. The van der Waals surface area contributed by atoms with Crippen LogP contribution in [0.1, 0.15) is 38.7 Å². The van der Waals surface area contributed by atoms with Gasteiger partial charge in [-0.2, -0.15) is 0 Å². The number of rotatable bonds is 8. The van der Waals surface area contributed by atoms with Gasteiger partial charge >= 0.3 is 0 Å². The molecule has 0 radical (unpaired) electrons. The summed E-state index contributed by atoms with van der Waals surface area (Å²) >= 11 is 0. The lowest BCUT2D eigenvalue weighted by atomic mass is 10.2. The van der Waals surface area contributed by atoms with Crippen molar-refractivity contribution in [3.05, 3.63) is 29.6 Å². The summed E-state index contributed by atoms with van der Waals surface area (Å²) < 4.78 is 19.0. The predicted octanol–water partition coefficient (Wildman–Crippen LogP) is 2.37. The highest BCUT2D eigenvalue weighted by Gasteiger charge is 2.20. The van der Waals surface area contributed by atoms with E-state index in [-0.39, 0.29) is 30.8 Å². The smallest absolute Gasteiger partial charge is 0.223 e. The molecule has 4 nitrogen and oxygen atoms in total. The van der Waals surface area contributed by atoms with Crippen molar-refractivity contribution in [3.8, 4) is 5.75 Å². The van der Waals surface area contributed by atoms with Gasteiger partial charge in [-0.3, -0.25) is 4.79 Å². The monoisotopic (exact) mass is 294 g/mol. The fourth-order valence-electron chi connectivity index (χ4n) is 2.01. The molecular formula is C16H23FN2O2. The lowest BCUT2D eigenvalue weighted by Gasteiger charge is -2.11. The molecule has 0 saturated heterocycles. The molecule has 0 heterocycles. The molecule has 2 N–H and O–H groups in total. The summed E-state index contributed by atoms with van der Waals surface area (Å²) in [4.78, 5) is 11.5. The molecule has 1 aliphatic rings.